The van der Waals surface area contributed by atoms with Crippen molar-refractivity contribution in [1.82, 2.24) is 25.3 Å². The number of hydrogen-bond donors (Lipinski definition) is 3. The summed E-state index contributed by atoms with van der Waals surface area (Å²) in [6, 6.07) is 10.5. The monoisotopic (exact) mass is 539 g/mol. The molecular weight excluding hydrogens is 510 g/mol. The van der Waals surface area contributed by atoms with E-state index < -0.39 is 11.7 Å². The van der Waals surface area contributed by atoms with E-state index >= 15 is 0 Å². The van der Waals surface area contributed by atoms with Crippen LogP contribution < -0.4 is 16.3 Å². The van der Waals surface area contributed by atoms with Crippen molar-refractivity contribution in [3.63, 3.8) is 0 Å². The predicted octanol–water partition coefficient (Wildman–Crippen LogP) is 4.58. The number of carbonyl (C=O) groups excluding carboxylic acids is 2. The first-order valence-electron chi connectivity index (χ1n) is 12.1. The third kappa shape index (κ3) is 6.73. The lowest BCUT2D eigenvalue weighted by Gasteiger charge is -2.23. The Hall–Kier alpha value is -4.26. The number of ether oxygens (including phenoxy) is 1. The lowest BCUT2D eigenvalue weighted by Crippen LogP contribution is -2.37. The van der Waals surface area contributed by atoms with Crippen LogP contribution in [0.4, 0.5) is 15.6 Å². The number of thiophene rings is 1. The molecular formula is C25H29N7O5S. The molecule has 0 saturated carbocycles. The van der Waals surface area contributed by atoms with Crippen molar-refractivity contribution in [1.29, 1.82) is 0 Å². The maximum Gasteiger partial charge on any atom is 0.412 e. The van der Waals surface area contributed by atoms with Gasteiger partial charge in [0.2, 0.25) is 17.6 Å². The summed E-state index contributed by atoms with van der Waals surface area (Å²) in [6.45, 7) is 7.76. The molecule has 0 aliphatic rings. The van der Waals surface area contributed by atoms with Crippen LogP contribution in [0.15, 0.2) is 45.7 Å². The van der Waals surface area contributed by atoms with Crippen LogP contribution in [-0.2, 0) is 16.0 Å². The van der Waals surface area contributed by atoms with Crippen LogP contribution in [0.1, 0.15) is 46.4 Å². The van der Waals surface area contributed by atoms with Crippen LogP contribution in [0.3, 0.4) is 0 Å². The minimum Gasteiger partial charge on any atom is -0.444 e. The fraction of sp³-hybridized carbons (Fsp3) is 0.360. The molecule has 4 aromatic rings. The van der Waals surface area contributed by atoms with E-state index in [4.69, 9.17) is 9.26 Å². The number of nitrogens with one attached hydrogen (secondary N) is 3. The van der Waals surface area contributed by atoms with Crippen LogP contribution in [0.5, 0.6) is 0 Å². The second-order valence-electron chi connectivity index (χ2n) is 9.41. The van der Waals surface area contributed by atoms with Crippen molar-refractivity contribution in [2.75, 3.05) is 17.3 Å². The zero-order valence-corrected chi connectivity index (χ0v) is 22.3. The molecule has 0 spiro atoms. The minimum atomic E-state index is -0.601. The normalized spacial score (nSPS) is 11.4. The zero-order valence-electron chi connectivity index (χ0n) is 21.5. The molecule has 0 fully saturated rings. The zero-order chi connectivity index (χ0) is 27.3. The summed E-state index contributed by atoms with van der Waals surface area (Å²) in [7, 11) is 0. The number of carbonyl (C=O) groups is 2. The van der Waals surface area contributed by atoms with Gasteiger partial charge in [0, 0.05) is 24.8 Å². The van der Waals surface area contributed by atoms with Crippen molar-refractivity contribution in [2.45, 2.75) is 52.6 Å². The summed E-state index contributed by atoms with van der Waals surface area (Å²) in [4.78, 5) is 42.2. The van der Waals surface area contributed by atoms with Gasteiger partial charge in [-0.05, 0) is 45.4 Å². The Balaban J connectivity index is 1.38. The number of aromatic amines is 1. The third-order valence-corrected chi connectivity index (χ3v) is 6.15. The molecule has 0 aliphatic carbocycles. The van der Waals surface area contributed by atoms with Crippen molar-refractivity contribution in [3.8, 4) is 10.7 Å². The van der Waals surface area contributed by atoms with Gasteiger partial charge in [-0.3, -0.25) is 25.3 Å². The number of nitrogens with zero attached hydrogens (tertiary/aromatic N) is 4. The van der Waals surface area contributed by atoms with Crippen molar-refractivity contribution < 1.29 is 18.8 Å². The smallest absolute Gasteiger partial charge is 0.412 e. The van der Waals surface area contributed by atoms with E-state index in [0.717, 1.165) is 0 Å². The Morgan fingerprint density at radius 3 is 2.66 bits per heavy atom. The van der Waals surface area contributed by atoms with E-state index in [0.29, 0.717) is 51.1 Å². The number of hydrazine groups is 1. The molecule has 4 rings (SSSR count). The fourth-order valence-corrected chi connectivity index (χ4v) is 4.35. The number of amides is 2. The minimum absolute atomic E-state index is 0.117. The van der Waals surface area contributed by atoms with E-state index in [2.05, 4.69) is 31.1 Å². The Bertz CT molecular complexity index is 1490. The number of rotatable bonds is 9. The SMILES string of the molecule is CCCN(Nc1n[nH]c(=O)c2ccccc12)C(=O)CCc1nc(-c2ccc(NC(=O)OC(C)(C)C)s2)no1. The third-order valence-electron chi connectivity index (χ3n) is 5.16. The molecule has 0 bridgehead atoms. The number of hydrogen-bond acceptors (Lipinski definition) is 10. The Labute approximate surface area is 222 Å². The summed E-state index contributed by atoms with van der Waals surface area (Å²) in [5, 5.41) is 16.4. The lowest BCUT2D eigenvalue weighted by molar-refractivity contribution is -0.130. The number of aryl methyl sites for hydroxylation is 1. The van der Waals surface area contributed by atoms with E-state index in [-0.39, 0.29) is 24.3 Å². The van der Waals surface area contributed by atoms with Gasteiger partial charge >= 0.3 is 6.09 Å². The highest BCUT2D eigenvalue weighted by atomic mass is 32.1. The van der Waals surface area contributed by atoms with Crippen molar-refractivity contribution in [2.24, 2.45) is 0 Å². The molecule has 0 aliphatic heterocycles. The number of benzene rings is 1. The van der Waals surface area contributed by atoms with Gasteiger partial charge in [-0.15, -0.1) is 11.3 Å². The topological polar surface area (TPSA) is 155 Å². The Morgan fingerprint density at radius 1 is 1.16 bits per heavy atom. The Morgan fingerprint density at radius 2 is 1.92 bits per heavy atom. The first kappa shape index (κ1) is 26.8. The van der Waals surface area contributed by atoms with Crippen LogP contribution in [-0.4, -0.2) is 49.5 Å². The molecule has 200 valence electrons. The van der Waals surface area contributed by atoms with Gasteiger partial charge in [0.05, 0.1) is 15.3 Å². The first-order chi connectivity index (χ1) is 18.1. The molecule has 3 N–H and O–H groups in total. The number of fused-ring (bicyclic) bond motifs is 1. The molecule has 0 unspecified atom stereocenters. The van der Waals surface area contributed by atoms with E-state index in [1.807, 2.05) is 6.92 Å². The second-order valence-corrected chi connectivity index (χ2v) is 10.5. The summed E-state index contributed by atoms with van der Waals surface area (Å²) >= 11 is 1.28. The maximum atomic E-state index is 13.0. The van der Waals surface area contributed by atoms with E-state index in [1.165, 1.54) is 16.3 Å². The maximum absolute atomic E-state index is 13.0. The van der Waals surface area contributed by atoms with Crippen LogP contribution >= 0.6 is 11.3 Å². The summed E-state index contributed by atoms with van der Waals surface area (Å²) in [6.07, 6.45) is 0.518. The van der Waals surface area contributed by atoms with Gasteiger partial charge in [-0.1, -0.05) is 30.3 Å². The average molecular weight is 540 g/mol. The highest BCUT2D eigenvalue weighted by Crippen LogP contribution is 2.30. The van der Waals surface area contributed by atoms with Crippen LogP contribution in [0.2, 0.25) is 0 Å². The highest BCUT2D eigenvalue weighted by Gasteiger charge is 2.20. The standard InChI is InChI=1S/C25H29N7O5S/c1-5-14-32(30-21-15-8-6-7-9-16(15)23(34)29-28-21)20(33)13-11-18-26-22(31-37-18)17-10-12-19(38-17)27-24(35)36-25(2,3)4/h6-10,12H,5,11,13-14H2,1-4H3,(H,27,35)(H,28,30)(H,29,34). The van der Waals surface area contributed by atoms with Gasteiger partial charge in [-0.25, -0.2) is 9.89 Å². The van der Waals surface area contributed by atoms with Crippen LogP contribution in [0.25, 0.3) is 21.5 Å². The molecule has 13 heteroatoms. The van der Waals surface area contributed by atoms with Gasteiger partial charge in [0.1, 0.15) is 5.60 Å². The van der Waals surface area contributed by atoms with Crippen molar-refractivity contribution in [3.05, 3.63) is 52.6 Å². The molecule has 0 saturated heterocycles. The van der Waals surface area contributed by atoms with Gasteiger partial charge in [-0.2, -0.15) is 10.1 Å². The lowest BCUT2D eigenvalue weighted by atomic mass is 10.2. The Kier molecular flexibility index (Phi) is 8.05. The largest absolute Gasteiger partial charge is 0.444 e. The molecule has 3 heterocycles. The van der Waals surface area contributed by atoms with Gasteiger partial charge in [0.25, 0.3) is 5.56 Å². The fourth-order valence-electron chi connectivity index (χ4n) is 3.53. The number of H-pyrrole nitrogens is 1. The van der Waals surface area contributed by atoms with E-state index in [9.17, 15) is 14.4 Å². The van der Waals surface area contributed by atoms with Crippen molar-refractivity contribution >= 4 is 44.9 Å². The molecule has 2 amide bonds. The van der Waals surface area contributed by atoms with E-state index in [1.54, 1.807) is 57.2 Å². The van der Waals surface area contributed by atoms with Gasteiger partial charge in [0.15, 0.2) is 5.82 Å². The summed E-state index contributed by atoms with van der Waals surface area (Å²) in [5.41, 5.74) is 2.14. The molecule has 1 aromatic carbocycles. The molecule has 12 nitrogen and oxygen atoms in total. The highest BCUT2D eigenvalue weighted by molar-refractivity contribution is 7.19. The predicted molar refractivity (Wildman–Crippen MR) is 144 cm³/mol. The summed E-state index contributed by atoms with van der Waals surface area (Å²) in [5.74, 6) is 0.869. The quantitative estimate of drug-likeness (QED) is 0.259. The molecule has 38 heavy (non-hydrogen) atoms. The molecule has 0 radical (unpaired) electrons. The number of aromatic nitrogens is 4. The molecule has 0 atom stereocenters. The first-order valence-corrected chi connectivity index (χ1v) is 12.9. The number of anilines is 2. The van der Waals surface area contributed by atoms with Crippen LogP contribution in [0, 0.1) is 0 Å². The average Bonchev–Trinajstić information content (AvgIpc) is 3.52. The summed E-state index contributed by atoms with van der Waals surface area (Å²) < 4.78 is 10.6. The second kappa shape index (κ2) is 11.4. The van der Waals surface area contributed by atoms with Gasteiger partial charge < -0.3 is 9.26 Å². The molecule has 3 aromatic heterocycles.